The van der Waals surface area contributed by atoms with Crippen LogP contribution >= 0.6 is 0 Å². The van der Waals surface area contributed by atoms with Gasteiger partial charge in [0.25, 0.3) is 0 Å². The quantitative estimate of drug-likeness (QED) is 0.400. The number of hydrogen-bond donors (Lipinski definition) is 1. The Kier molecular flexibility index (Phi) is 4.36. The van der Waals surface area contributed by atoms with Crippen LogP contribution < -0.4 is 10.9 Å². The average Bonchev–Trinajstić information content (AvgIpc) is 2.48. The van der Waals surface area contributed by atoms with Gasteiger partial charge in [-0.25, -0.2) is 9.59 Å². The summed E-state index contributed by atoms with van der Waals surface area (Å²) >= 11 is 0. The first-order valence-corrected chi connectivity index (χ1v) is 6.22. The summed E-state index contributed by atoms with van der Waals surface area (Å²) in [6.07, 6.45) is 1.12. The van der Waals surface area contributed by atoms with E-state index in [2.05, 4.69) is 5.32 Å². The van der Waals surface area contributed by atoms with E-state index in [0.717, 1.165) is 11.6 Å². The maximum absolute atomic E-state index is 11.8. The van der Waals surface area contributed by atoms with E-state index in [1.165, 1.54) is 0 Å². The topological polar surface area (TPSA) is 92.3 Å². The van der Waals surface area contributed by atoms with E-state index >= 15 is 0 Å². The SMILES string of the molecule is CCOC(=O)/C(C#N)=C/Nc1cc2ccccc2oc1=O. The molecule has 1 N–H and O–H groups in total. The third-order valence-corrected chi connectivity index (χ3v) is 2.63. The molecule has 0 fully saturated rings. The fraction of sp³-hybridized carbons (Fsp3) is 0.133. The second kappa shape index (κ2) is 6.39. The highest BCUT2D eigenvalue weighted by molar-refractivity contribution is 5.93. The molecule has 0 saturated carbocycles. The Morgan fingerprint density at radius 3 is 2.95 bits per heavy atom. The zero-order valence-corrected chi connectivity index (χ0v) is 11.3. The number of esters is 1. The summed E-state index contributed by atoms with van der Waals surface area (Å²) in [5.41, 5.74) is -0.232. The minimum atomic E-state index is -0.752. The molecule has 1 heterocycles. The Bertz CT molecular complexity index is 799. The van der Waals surface area contributed by atoms with E-state index in [1.807, 2.05) is 0 Å². The van der Waals surface area contributed by atoms with Gasteiger partial charge >= 0.3 is 11.6 Å². The molecule has 21 heavy (non-hydrogen) atoms. The molecule has 0 unspecified atom stereocenters. The van der Waals surface area contributed by atoms with E-state index in [4.69, 9.17) is 14.4 Å². The fourth-order valence-electron chi connectivity index (χ4n) is 1.66. The number of fused-ring (bicyclic) bond motifs is 1. The maximum atomic E-state index is 11.8. The number of carbonyl (C=O) groups is 1. The van der Waals surface area contributed by atoms with Crippen LogP contribution in [0.25, 0.3) is 11.0 Å². The molecule has 0 aliphatic heterocycles. The molecular weight excluding hydrogens is 272 g/mol. The molecule has 106 valence electrons. The Morgan fingerprint density at radius 1 is 1.48 bits per heavy atom. The van der Waals surface area contributed by atoms with Gasteiger partial charge in [-0.15, -0.1) is 0 Å². The lowest BCUT2D eigenvalue weighted by molar-refractivity contribution is -0.138. The number of benzene rings is 1. The van der Waals surface area contributed by atoms with Crippen molar-refractivity contribution in [1.82, 2.24) is 0 Å². The van der Waals surface area contributed by atoms with Crippen molar-refractivity contribution >= 4 is 22.6 Å². The molecule has 0 radical (unpaired) electrons. The number of anilines is 1. The van der Waals surface area contributed by atoms with Crippen LogP contribution in [0.3, 0.4) is 0 Å². The van der Waals surface area contributed by atoms with Gasteiger partial charge in [0.05, 0.1) is 6.61 Å². The fourth-order valence-corrected chi connectivity index (χ4v) is 1.66. The zero-order valence-electron chi connectivity index (χ0n) is 11.3. The number of hydrogen-bond acceptors (Lipinski definition) is 6. The molecule has 6 heteroatoms. The highest BCUT2D eigenvalue weighted by Gasteiger charge is 2.10. The Hall–Kier alpha value is -3.07. The monoisotopic (exact) mass is 284 g/mol. The second-order valence-corrected chi connectivity index (χ2v) is 4.02. The van der Waals surface area contributed by atoms with Crippen LogP contribution in [-0.4, -0.2) is 12.6 Å². The van der Waals surface area contributed by atoms with Crippen molar-refractivity contribution in [3.63, 3.8) is 0 Å². The highest BCUT2D eigenvalue weighted by Crippen LogP contribution is 2.15. The van der Waals surface area contributed by atoms with Gasteiger partial charge in [0, 0.05) is 11.6 Å². The van der Waals surface area contributed by atoms with Gasteiger partial charge in [0.15, 0.2) is 5.57 Å². The molecular formula is C15H12N2O4. The zero-order chi connectivity index (χ0) is 15.2. The predicted octanol–water partition coefficient (Wildman–Crippen LogP) is 2.18. The molecule has 0 spiro atoms. The Labute approximate surface area is 120 Å². The summed E-state index contributed by atoms with van der Waals surface area (Å²) in [5.74, 6) is -0.752. The van der Waals surface area contributed by atoms with Gasteiger partial charge in [-0.1, -0.05) is 18.2 Å². The number of para-hydroxylation sites is 1. The number of rotatable bonds is 4. The van der Waals surface area contributed by atoms with Gasteiger partial charge in [-0.3, -0.25) is 0 Å². The van der Waals surface area contributed by atoms with Crippen molar-refractivity contribution < 1.29 is 13.9 Å². The van der Waals surface area contributed by atoms with Crippen molar-refractivity contribution in [2.45, 2.75) is 6.92 Å². The number of nitrogens with zero attached hydrogens (tertiary/aromatic N) is 1. The van der Waals surface area contributed by atoms with Gasteiger partial charge in [0.2, 0.25) is 0 Å². The number of ether oxygens (including phenoxy) is 1. The number of carbonyl (C=O) groups excluding carboxylic acids is 1. The van der Waals surface area contributed by atoms with Gasteiger partial charge in [-0.05, 0) is 19.1 Å². The predicted molar refractivity (Wildman–Crippen MR) is 76.4 cm³/mol. The van der Waals surface area contributed by atoms with Crippen molar-refractivity contribution in [3.05, 3.63) is 52.5 Å². The largest absolute Gasteiger partial charge is 0.462 e. The summed E-state index contributed by atoms with van der Waals surface area (Å²) in [4.78, 5) is 23.2. The molecule has 0 atom stereocenters. The third-order valence-electron chi connectivity index (χ3n) is 2.63. The summed E-state index contributed by atoms with van der Waals surface area (Å²) in [5, 5.41) is 12.2. The maximum Gasteiger partial charge on any atom is 0.360 e. The normalized spacial score (nSPS) is 11.0. The van der Waals surface area contributed by atoms with E-state index in [9.17, 15) is 9.59 Å². The molecule has 2 rings (SSSR count). The van der Waals surface area contributed by atoms with Crippen LogP contribution in [0.1, 0.15) is 6.92 Å². The lowest BCUT2D eigenvalue weighted by atomic mass is 10.2. The summed E-state index contributed by atoms with van der Waals surface area (Å²) < 4.78 is 9.83. The van der Waals surface area contributed by atoms with Crippen molar-refractivity contribution in [1.29, 1.82) is 5.26 Å². The van der Waals surface area contributed by atoms with Crippen LogP contribution in [-0.2, 0) is 9.53 Å². The minimum absolute atomic E-state index is 0.130. The summed E-state index contributed by atoms with van der Waals surface area (Å²) in [6, 6.07) is 10.3. The van der Waals surface area contributed by atoms with Crippen LogP contribution in [0.15, 0.2) is 51.3 Å². The summed E-state index contributed by atoms with van der Waals surface area (Å²) in [7, 11) is 0. The van der Waals surface area contributed by atoms with Crippen molar-refractivity contribution in [2.75, 3.05) is 11.9 Å². The van der Waals surface area contributed by atoms with E-state index in [1.54, 1.807) is 43.3 Å². The van der Waals surface area contributed by atoms with E-state index in [0.29, 0.717) is 5.58 Å². The van der Waals surface area contributed by atoms with Gasteiger partial charge < -0.3 is 14.5 Å². The number of nitrogens with one attached hydrogen (secondary N) is 1. The minimum Gasteiger partial charge on any atom is -0.462 e. The number of nitriles is 1. The molecule has 1 aromatic heterocycles. The molecule has 0 aliphatic rings. The molecule has 2 aromatic rings. The summed E-state index contributed by atoms with van der Waals surface area (Å²) in [6.45, 7) is 1.80. The second-order valence-electron chi connectivity index (χ2n) is 4.02. The lowest BCUT2D eigenvalue weighted by Gasteiger charge is -2.03. The standard InChI is InChI=1S/C15H12N2O4/c1-2-20-14(18)11(8-16)9-17-12-7-10-5-3-4-6-13(10)21-15(12)19/h3-7,9,17H,2H2,1H3/b11-9+. The molecule has 0 bridgehead atoms. The van der Waals surface area contributed by atoms with Crippen LogP contribution in [0, 0.1) is 11.3 Å². The van der Waals surface area contributed by atoms with Crippen molar-refractivity contribution in [2.24, 2.45) is 0 Å². The third kappa shape index (κ3) is 3.28. The first kappa shape index (κ1) is 14.3. The van der Waals surface area contributed by atoms with Crippen molar-refractivity contribution in [3.8, 4) is 6.07 Å². The first-order chi connectivity index (χ1) is 10.2. The molecule has 6 nitrogen and oxygen atoms in total. The smallest absolute Gasteiger partial charge is 0.360 e. The molecule has 1 aromatic carbocycles. The molecule has 0 amide bonds. The molecule has 0 aliphatic carbocycles. The Balaban J connectivity index is 2.31. The van der Waals surface area contributed by atoms with Crippen LogP contribution in [0.5, 0.6) is 0 Å². The molecule has 0 saturated heterocycles. The van der Waals surface area contributed by atoms with Crippen LogP contribution in [0.2, 0.25) is 0 Å². The van der Waals surface area contributed by atoms with Crippen LogP contribution in [0.4, 0.5) is 5.69 Å². The average molecular weight is 284 g/mol. The van der Waals surface area contributed by atoms with Gasteiger partial charge in [-0.2, -0.15) is 5.26 Å². The van der Waals surface area contributed by atoms with Gasteiger partial charge in [0.1, 0.15) is 17.3 Å². The first-order valence-electron chi connectivity index (χ1n) is 6.22. The highest BCUT2D eigenvalue weighted by atomic mass is 16.5. The van der Waals surface area contributed by atoms with E-state index in [-0.39, 0.29) is 17.9 Å². The van der Waals surface area contributed by atoms with E-state index < -0.39 is 11.6 Å². The lowest BCUT2D eigenvalue weighted by Crippen LogP contribution is -2.10. The Morgan fingerprint density at radius 2 is 2.24 bits per heavy atom.